The number of hydrogen-bond donors (Lipinski definition) is 3. The number of carbonyl (C=O) groups excluding carboxylic acids is 1. The molecular weight excluding hydrogens is 290 g/mol. The van der Waals surface area contributed by atoms with E-state index in [2.05, 4.69) is 15.4 Å². The number of hydrogen-bond acceptors (Lipinski definition) is 6. The maximum absolute atomic E-state index is 11.2. The first-order valence-electron chi connectivity index (χ1n) is 5.22. The van der Waals surface area contributed by atoms with Crippen molar-refractivity contribution in [2.45, 2.75) is 6.92 Å². The second-order valence-corrected chi connectivity index (χ2v) is 4.28. The van der Waals surface area contributed by atoms with Crippen LogP contribution in [0.3, 0.4) is 0 Å². The van der Waals surface area contributed by atoms with Crippen LogP contribution in [0, 0.1) is 17.0 Å². The minimum Gasteiger partial charge on any atom is -0.502 e. The molecule has 1 aromatic heterocycles. The van der Waals surface area contributed by atoms with Crippen LogP contribution in [-0.2, 0) is 0 Å². The summed E-state index contributed by atoms with van der Waals surface area (Å²) in [7, 11) is 0. The molecule has 0 bridgehead atoms. The number of aromatic hydroxyl groups is 1. The van der Waals surface area contributed by atoms with Crippen LogP contribution in [-0.4, -0.2) is 31.3 Å². The number of amides is 1. The predicted molar refractivity (Wildman–Crippen MR) is 68.4 cm³/mol. The van der Waals surface area contributed by atoms with Gasteiger partial charge in [0.15, 0.2) is 5.69 Å². The quantitative estimate of drug-likeness (QED) is 0.571. The lowest BCUT2D eigenvalue weighted by Gasteiger charge is -2.07. The fourth-order valence-corrected chi connectivity index (χ4v) is 1.91. The molecule has 20 heavy (non-hydrogen) atoms. The molecule has 10 heteroatoms. The number of nitrogens with zero attached hydrogens (tertiary/aromatic N) is 3. The molecule has 104 valence electrons. The highest BCUT2D eigenvalue weighted by Gasteiger charge is 2.27. The van der Waals surface area contributed by atoms with E-state index in [1.807, 2.05) is 0 Å². The molecule has 1 heterocycles. The maximum Gasteiger partial charge on any atom is 0.315 e. The van der Waals surface area contributed by atoms with Crippen molar-refractivity contribution >= 4 is 23.2 Å². The first-order chi connectivity index (χ1) is 9.34. The summed E-state index contributed by atoms with van der Waals surface area (Å²) in [5, 5.41) is 30.4. The number of aromatic nitrogens is 3. The summed E-state index contributed by atoms with van der Waals surface area (Å²) in [6.45, 7) is 1.39. The van der Waals surface area contributed by atoms with E-state index in [1.54, 1.807) is 0 Å². The van der Waals surface area contributed by atoms with E-state index in [9.17, 15) is 20.0 Å². The number of nitro groups is 1. The Labute approximate surface area is 116 Å². The molecule has 4 N–H and O–H groups in total. The Hall–Kier alpha value is -2.68. The molecule has 0 spiro atoms. The number of phenolic OH excluding ortho intramolecular Hbond substituents is 1. The number of primary amides is 1. The number of nitro benzene ring substituents is 1. The van der Waals surface area contributed by atoms with Crippen molar-refractivity contribution in [3.8, 4) is 17.0 Å². The van der Waals surface area contributed by atoms with E-state index in [4.69, 9.17) is 17.3 Å². The Bertz CT molecular complexity index is 727. The summed E-state index contributed by atoms with van der Waals surface area (Å²) in [4.78, 5) is 21.4. The molecule has 0 unspecified atom stereocenters. The van der Waals surface area contributed by atoms with Crippen LogP contribution in [0.1, 0.15) is 16.1 Å². The van der Waals surface area contributed by atoms with Gasteiger partial charge in [-0.05, 0) is 13.0 Å². The van der Waals surface area contributed by atoms with Crippen LogP contribution in [0.5, 0.6) is 5.75 Å². The van der Waals surface area contributed by atoms with Crippen molar-refractivity contribution in [2.75, 3.05) is 0 Å². The van der Waals surface area contributed by atoms with E-state index < -0.39 is 22.3 Å². The highest BCUT2D eigenvalue weighted by Crippen LogP contribution is 2.42. The first-order valence-corrected chi connectivity index (χ1v) is 5.59. The monoisotopic (exact) mass is 297 g/mol. The van der Waals surface area contributed by atoms with Crippen molar-refractivity contribution in [1.82, 2.24) is 15.4 Å². The summed E-state index contributed by atoms with van der Waals surface area (Å²) in [5.74, 6) is -1.55. The lowest BCUT2D eigenvalue weighted by molar-refractivity contribution is -0.386. The smallest absolute Gasteiger partial charge is 0.315 e. The van der Waals surface area contributed by atoms with Crippen molar-refractivity contribution in [2.24, 2.45) is 5.73 Å². The van der Waals surface area contributed by atoms with E-state index >= 15 is 0 Å². The number of halogens is 1. The van der Waals surface area contributed by atoms with Gasteiger partial charge in [-0.25, -0.2) is 0 Å². The average Bonchev–Trinajstić information content (AvgIpc) is 2.82. The normalized spacial score (nSPS) is 10.5. The topological polar surface area (TPSA) is 148 Å². The third-order valence-corrected chi connectivity index (χ3v) is 3.08. The molecule has 0 atom stereocenters. The molecule has 0 aliphatic rings. The number of H-pyrrole nitrogens is 1. The number of rotatable bonds is 3. The van der Waals surface area contributed by atoms with Gasteiger partial charge in [0.1, 0.15) is 5.69 Å². The SMILES string of the molecule is Cc1c(Cl)cc(-c2n[nH]nc2C(N)=O)c(O)c1[N+](=O)[O-]. The Morgan fingerprint density at radius 3 is 2.75 bits per heavy atom. The van der Waals surface area contributed by atoms with Gasteiger partial charge in [-0.3, -0.25) is 14.9 Å². The van der Waals surface area contributed by atoms with Gasteiger partial charge in [0.2, 0.25) is 5.75 Å². The van der Waals surface area contributed by atoms with Gasteiger partial charge in [-0.15, -0.1) is 0 Å². The summed E-state index contributed by atoms with van der Waals surface area (Å²) in [6.07, 6.45) is 0. The fraction of sp³-hybridized carbons (Fsp3) is 0.100. The average molecular weight is 298 g/mol. The van der Waals surface area contributed by atoms with Crippen molar-refractivity contribution in [3.63, 3.8) is 0 Å². The zero-order valence-corrected chi connectivity index (χ0v) is 10.8. The minimum atomic E-state index is -0.896. The summed E-state index contributed by atoms with van der Waals surface area (Å²) >= 11 is 5.89. The van der Waals surface area contributed by atoms with E-state index in [0.717, 1.165) is 0 Å². The largest absolute Gasteiger partial charge is 0.502 e. The summed E-state index contributed by atoms with van der Waals surface area (Å²) < 4.78 is 0. The Morgan fingerprint density at radius 1 is 1.55 bits per heavy atom. The van der Waals surface area contributed by atoms with Gasteiger partial charge >= 0.3 is 5.69 Å². The van der Waals surface area contributed by atoms with Crippen LogP contribution in [0.25, 0.3) is 11.3 Å². The Kier molecular flexibility index (Phi) is 3.28. The molecule has 2 aromatic rings. The molecule has 0 saturated carbocycles. The third kappa shape index (κ3) is 2.03. The number of nitrogens with two attached hydrogens (primary N) is 1. The molecule has 1 amide bonds. The molecular formula is C10H8ClN5O4. The molecule has 9 nitrogen and oxygen atoms in total. The standard InChI is InChI=1S/C10H8ClN5O4/c1-3-5(11)2-4(9(17)8(3)16(19)20)6-7(10(12)18)14-15-13-6/h2,17H,1H3,(H2,12,18)(H,13,14,15). The zero-order valence-electron chi connectivity index (χ0n) is 10.0. The van der Waals surface area contributed by atoms with Crippen LogP contribution in [0.2, 0.25) is 5.02 Å². The van der Waals surface area contributed by atoms with Crippen LogP contribution in [0.4, 0.5) is 5.69 Å². The van der Waals surface area contributed by atoms with Gasteiger partial charge in [-0.1, -0.05) is 11.6 Å². The predicted octanol–water partition coefficient (Wildman–Crippen LogP) is 1.15. The van der Waals surface area contributed by atoms with E-state index in [1.165, 1.54) is 13.0 Å². The second kappa shape index (κ2) is 4.78. The van der Waals surface area contributed by atoms with Gasteiger partial charge in [0, 0.05) is 5.56 Å². The van der Waals surface area contributed by atoms with Crippen LogP contribution >= 0.6 is 11.6 Å². The summed E-state index contributed by atoms with van der Waals surface area (Å²) in [5.41, 5.74) is 4.17. The fourth-order valence-electron chi connectivity index (χ4n) is 1.72. The first kappa shape index (κ1) is 13.7. The number of nitrogens with one attached hydrogen (secondary N) is 1. The number of benzene rings is 1. The Morgan fingerprint density at radius 2 is 2.20 bits per heavy atom. The molecule has 0 radical (unpaired) electrons. The number of aromatic amines is 1. The molecule has 2 rings (SSSR count). The highest BCUT2D eigenvalue weighted by molar-refractivity contribution is 6.32. The summed E-state index contributed by atoms with van der Waals surface area (Å²) in [6, 6.07) is 1.25. The Balaban J connectivity index is 2.79. The van der Waals surface area contributed by atoms with Gasteiger partial charge in [-0.2, -0.15) is 15.4 Å². The minimum absolute atomic E-state index is 0.0444. The lowest BCUT2D eigenvalue weighted by Crippen LogP contribution is -2.13. The van der Waals surface area contributed by atoms with Crippen molar-refractivity contribution in [3.05, 3.63) is 32.5 Å². The molecule has 0 aliphatic carbocycles. The number of phenols is 1. The van der Waals surface area contributed by atoms with Gasteiger partial charge < -0.3 is 10.8 Å². The highest BCUT2D eigenvalue weighted by atomic mass is 35.5. The van der Waals surface area contributed by atoms with E-state index in [-0.39, 0.29) is 27.5 Å². The van der Waals surface area contributed by atoms with Crippen molar-refractivity contribution in [1.29, 1.82) is 0 Å². The molecule has 0 fully saturated rings. The zero-order chi connectivity index (χ0) is 15.0. The van der Waals surface area contributed by atoms with E-state index in [0.29, 0.717) is 0 Å². The third-order valence-electron chi connectivity index (χ3n) is 2.68. The lowest BCUT2D eigenvalue weighted by atomic mass is 10.0. The molecule has 0 aliphatic heterocycles. The van der Waals surface area contributed by atoms with Crippen LogP contribution < -0.4 is 5.73 Å². The van der Waals surface area contributed by atoms with Gasteiger partial charge in [0.05, 0.1) is 15.5 Å². The number of carbonyl (C=O) groups is 1. The van der Waals surface area contributed by atoms with Gasteiger partial charge in [0.25, 0.3) is 5.91 Å². The molecule has 1 aromatic carbocycles. The van der Waals surface area contributed by atoms with Crippen molar-refractivity contribution < 1.29 is 14.8 Å². The second-order valence-electron chi connectivity index (χ2n) is 3.87. The maximum atomic E-state index is 11.2. The van der Waals surface area contributed by atoms with Crippen LogP contribution in [0.15, 0.2) is 6.07 Å². The molecule has 0 saturated heterocycles.